The van der Waals surface area contributed by atoms with E-state index >= 15 is 0 Å². The topological polar surface area (TPSA) is 59.2 Å². The van der Waals surface area contributed by atoms with Crippen molar-refractivity contribution >= 4 is 25.5 Å². The van der Waals surface area contributed by atoms with E-state index in [-0.39, 0.29) is 5.91 Å². The zero-order valence-electron chi connectivity index (χ0n) is 10.8. The monoisotopic (exact) mass is 275 g/mol. The first-order chi connectivity index (χ1) is 9.15. The summed E-state index contributed by atoms with van der Waals surface area (Å²) in [6.45, 7) is 1.76. The molecule has 5 nitrogen and oxygen atoms in total. The molecule has 1 aromatic heterocycles. The molecule has 19 heavy (non-hydrogen) atoms. The van der Waals surface area contributed by atoms with E-state index in [1.165, 1.54) is 5.30 Å². The Kier molecular flexibility index (Phi) is 3.07. The largest absolute Gasteiger partial charge is 0.421 e. The number of aromatic nitrogens is 2. The van der Waals surface area contributed by atoms with Gasteiger partial charge in [0.2, 0.25) is 17.7 Å². The smallest absolute Gasteiger partial charge is 0.247 e. The molecule has 1 aromatic carbocycles. The summed E-state index contributed by atoms with van der Waals surface area (Å²) in [4.78, 5) is 13.6. The zero-order chi connectivity index (χ0) is 13.4. The van der Waals surface area contributed by atoms with Crippen LogP contribution in [0, 0.1) is 6.92 Å². The molecule has 1 aliphatic rings. The molecular formula is C13H14N3O2P. The van der Waals surface area contributed by atoms with E-state index in [0.717, 1.165) is 17.4 Å². The maximum atomic E-state index is 11.9. The van der Waals surface area contributed by atoms with Crippen LogP contribution in [0.15, 0.2) is 22.6 Å². The van der Waals surface area contributed by atoms with Crippen LogP contribution in [-0.2, 0) is 4.79 Å². The van der Waals surface area contributed by atoms with Crippen molar-refractivity contribution < 1.29 is 9.21 Å². The summed E-state index contributed by atoms with van der Waals surface area (Å²) in [5.41, 5.74) is 1.81. The van der Waals surface area contributed by atoms with Crippen LogP contribution in [0.4, 0.5) is 5.69 Å². The van der Waals surface area contributed by atoms with Gasteiger partial charge >= 0.3 is 0 Å². The van der Waals surface area contributed by atoms with Crippen molar-refractivity contribution in [2.75, 3.05) is 18.1 Å². The van der Waals surface area contributed by atoms with Crippen LogP contribution < -0.4 is 10.2 Å². The Morgan fingerprint density at radius 2 is 2.21 bits per heavy atom. The second-order valence-corrected chi connectivity index (χ2v) is 5.88. The molecule has 2 aromatic rings. The minimum atomic E-state index is 0.158. The van der Waals surface area contributed by atoms with Crippen molar-refractivity contribution in [3.8, 4) is 11.5 Å². The van der Waals surface area contributed by atoms with E-state index in [0.29, 0.717) is 26.8 Å². The predicted molar refractivity (Wildman–Crippen MR) is 75.3 cm³/mol. The summed E-state index contributed by atoms with van der Waals surface area (Å²) in [6, 6.07) is 5.98. The predicted octanol–water partition coefficient (Wildman–Crippen LogP) is 1.72. The molecule has 0 spiro atoms. The minimum absolute atomic E-state index is 0.158. The van der Waals surface area contributed by atoms with Gasteiger partial charge in [-0.05, 0) is 23.6 Å². The van der Waals surface area contributed by atoms with Gasteiger partial charge in [0.05, 0.1) is 5.69 Å². The van der Waals surface area contributed by atoms with Gasteiger partial charge in [0.1, 0.15) is 0 Å². The third kappa shape index (κ3) is 2.26. The molecule has 98 valence electrons. The molecule has 1 atom stereocenters. The number of anilines is 1. The Bertz CT molecular complexity index is 639. The van der Waals surface area contributed by atoms with E-state index in [1.807, 2.05) is 19.2 Å². The number of hydrogen-bond donors (Lipinski definition) is 0. The standard InChI is InChI=1S/C13H14N3O2P/c1-8-14-15-13(18-8)9-3-4-11-10(7-9)16(2)12(17)5-6-19-11/h3-4,7,19H,5-6H2,1-2H3. The van der Waals surface area contributed by atoms with Gasteiger partial charge < -0.3 is 9.32 Å². The van der Waals surface area contributed by atoms with Crippen LogP contribution in [0.3, 0.4) is 0 Å². The van der Waals surface area contributed by atoms with E-state index in [2.05, 4.69) is 16.3 Å². The first-order valence-electron chi connectivity index (χ1n) is 6.10. The highest BCUT2D eigenvalue weighted by atomic mass is 31.1. The van der Waals surface area contributed by atoms with E-state index < -0.39 is 0 Å². The number of nitrogens with zero attached hydrogens (tertiary/aromatic N) is 3. The normalized spacial score (nSPS) is 16.5. The number of carbonyl (C=O) groups is 1. The Labute approximate surface area is 112 Å². The molecule has 1 amide bonds. The fourth-order valence-electron chi connectivity index (χ4n) is 2.11. The lowest BCUT2D eigenvalue weighted by Gasteiger charge is -2.17. The van der Waals surface area contributed by atoms with Gasteiger partial charge in [-0.3, -0.25) is 4.79 Å². The summed E-state index contributed by atoms with van der Waals surface area (Å²) in [6.07, 6.45) is 1.54. The third-order valence-corrected chi connectivity index (χ3v) is 4.46. The van der Waals surface area contributed by atoms with E-state index in [9.17, 15) is 4.79 Å². The number of amides is 1. The Balaban J connectivity index is 2.07. The molecule has 1 aliphatic heterocycles. The van der Waals surface area contributed by atoms with Crippen molar-refractivity contribution in [1.82, 2.24) is 10.2 Å². The summed E-state index contributed by atoms with van der Waals surface area (Å²) in [5, 5.41) is 9.06. The van der Waals surface area contributed by atoms with Crippen molar-refractivity contribution in [2.45, 2.75) is 13.3 Å². The summed E-state index contributed by atoms with van der Waals surface area (Å²) in [5.74, 6) is 1.19. The minimum Gasteiger partial charge on any atom is -0.421 e. The summed E-state index contributed by atoms with van der Waals surface area (Å²) < 4.78 is 5.43. The Hall–Kier alpha value is -1.74. The molecule has 0 saturated carbocycles. The lowest BCUT2D eigenvalue weighted by molar-refractivity contribution is -0.117. The first kappa shape index (κ1) is 12.3. The Morgan fingerprint density at radius 1 is 1.37 bits per heavy atom. The number of benzene rings is 1. The van der Waals surface area contributed by atoms with Gasteiger partial charge in [0.25, 0.3) is 0 Å². The van der Waals surface area contributed by atoms with Gasteiger partial charge in [-0.25, -0.2) is 0 Å². The molecule has 3 rings (SSSR count). The molecule has 0 aliphatic carbocycles. The lowest BCUT2D eigenvalue weighted by Crippen LogP contribution is -2.27. The van der Waals surface area contributed by atoms with Crippen LogP contribution in [0.1, 0.15) is 12.3 Å². The van der Waals surface area contributed by atoms with Crippen LogP contribution in [0.5, 0.6) is 0 Å². The first-order valence-corrected chi connectivity index (χ1v) is 7.31. The van der Waals surface area contributed by atoms with Crippen LogP contribution >= 0.6 is 8.58 Å². The van der Waals surface area contributed by atoms with Crippen LogP contribution in [-0.4, -0.2) is 29.3 Å². The summed E-state index contributed by atoms with van der Waals surface area (Å²) in [7, 11) is 2.49. The van der Waals surface area contributed by atoms with Gasteiger partial charge in [0.15, 0.2) is 0 Å². The second kappa shape index (κ2) is 4.74. The van der Waals surface area contributed by atoms with Gasteiger partial charge in [0, 0.05) is 26.0 Å². The van der Waals surface area contributed by atoms with E-state index in [4.69, 9.17) is 4.42 Å². The maximum Gasteiger partial charge on any atom is 0.247 e. The molecule has 2 heterocycles. The molecule has 0 fully saturated rings. The average Bonchev–Trinajstić information content (AvgIpc) is 2.79. The average molecular weight is 275 g/mol. The second-order valence-electron chi connectivity index (χ2n) is 4.49. The lowest BCUT2D eigenvalue weighted by atomic mass is 10.2. The molecule has 0 bridgehead atoms. The van der Waals surface area contributed by atoms with E-state index in [1.54, 1.807) is 11.8 Å². The highest BCUT2D eigenvalue weighted by Gasteiger charge is 2.20. The number of hydrogen-bond acceptors (Lipinski definition) is 4. The number of aryl methyl sites for hydroxylation is 1. The molecule has 0 radical (unpaired) electrons. The highest BCUT2D eigenvalue weighted by molar-refractivity contribution is 7.47. The fourth-order valence-corrected chi connectivity index (χ4v) is 3.34. The number of rotatable bonds is 1. The van der Waals surface area contributed by atoms with Gasteiger partial charge in [-0.2, -0.15) is 0 Å². The Morgan fingerprint density at radius 3 is 2.95 bits per heavy atom. The maximum absolute atomic E-state index is 11.9. The summed E-state index contributed by atoms with van der Waals surface area (Å²) >= 11 is 0. The molecule has 6 heteroatoms. The molecular weight excluding hydrogens is 261 g/mol. The number of fused-ring (bicyclic) bond motifs is 1. The molecule has 0 saturated heterocycles. The van der Waals surface area contributed by atoms with Gasteiger partial charge in [-0.15, -0.1) is 10.2 Å². The highest BCUT2D eigenvalue weighted by Crippen LogP contribution is 2.29. The fraction of sp³-hybridized carbons (Fsp3) is 0.308. The number of carbonyl (C=O) groups excluding carboxylic acids is 1. The third-order valence-electron chi connectivity index (χ3n) is 3.16. The quantitative estimate of drug-likeness (QED) is 0.743. The van der Waals surface area contributed by atoms with Crippen molar-refractivity contribution in [3.05, 3.63) is 24.1 Å². The van der Waals surface area contributed by atoms with Crippen molar-refractivity contribution in [1.29, 1.82) is 0 Å². The van der Waals surface area contributed by atoms with Gasteiger partial charge in [-0.1, -0.05) is 14.6 Å². The zero-order valence-corrected chi connectivity index (χ0v) is 11.8. The van der Waals surface area contributed by atoms with Crippen LogP contribution in [0.25, 0.3) is 11.5 Å². The van der Waals surface area contributed by atoms with Crippen molar-refractivity contribution in [2.24, 2.45) is 0 Å². The molecule has 0 N–H and O–H groups in total. The van der Waals surface area contributed by atoms with Crippen LogP contribution in [0.2, 0.25) is 0 Å². The molecule has 1 unspecified atom stereocenters. The SMILES string of the molecule is Cc1nnc(-c2ccc3c(c2)N(C)C(=O)CCP3)o1. The van der Waals surface area contributed by atoms with Crippen molar-refractivity contribution in [3.63, 3.8) is 0 Å².